The molecule has 1 aromatic rings. The lowest BCUT2D eigenvalue weighted by atomic mass is 10.1. The number of likely N-dealkylation sites (tertiary alicyclic amines) is 1. The number of benzene rings is 1. The number of hydrogen-bond donors (Lipinski definition) is 1. The number of para-hydroxylation sites is 1. The van der Waals surface area contributed by atoms with Gasteiger partial charge in [0, 0.05) is 19.1 Å². The van der Waals surface area contributed by atoms with Crippen LogP contribution in [0.25, 0.3) is 0 Å². The average Bonchev–Trinajstić information content (AvgIpc) is 2.46. The van der Waals surface area contributed by atoms with Crippen molar-refractivity contribution >= 4 is 5.91 Å². The third-order valence-electron chi connectivity index (χ3n) is 3.70. The Morgan fingerprint density at radius 2 is 1.91 bits per heavy atom. The number of amides is 1. The fourth-order valence-electron chi connectivity index (χ4n) is 2.42. The summed E-state index contributed by atoms with van der Waals surface area (Å²) in [5.41, 5.74) is 4.89. The van der Waals surface area contributed by atoms with Gasteiger partial charge >= 0.3 is 6.18 Å². The zero-order valence-corrected chi connectivity index (χ0v) is 12.3. The molecule has 122 valence electrons. The summed E-state index contributed by atoms with van der Waals surface area (Å²) in [4.78, 5) is 13.8. The minimum absolute atomic E-state index is 0.0752. The van der Waals surface area contributed by atoms with Crippen molar-refractivity contribution in [2.75, 3.05) is 13.1 Å². The standard InChI is InChI=1S/C15H19F3N2O2/c1-10(14(21)20-8-6-11(19)7-9-20)22-13-5-3-2-4-12(13)15(16,17)18/h2-5,10-11H,6-9,19H2,1H3/t10-/m1/s1. The second-order valence-corrected chi connectivity index (χ2v) is 5.42. The molecule has 1 saturated heterocycles. The highest BCUT2D eigenvalue weighted by molar-refractivity contribution is 5.81. The fraction of sp³-hybridized carbons (Fsp3) is 0.533. The first-order chi connectivity index (χ1) is 10.3. The van der Waals surface area contributed by atoms with Gasteiger partial charge in [-0.2, -0.15) is 13.2 Å². The number of carbonyl (C=O) groups is 1. The Hall–Kier alpha value is -1.76. The molecule has 1 aliphatic rings. The Balaban J connectivity index is 2.06. The van der Waals surface area contributed by atoms with Gasteiger partial charge in [-0.05, 0) is 31.9 Å². The number of nitrogens with zero attached hydrogens (tertiary/aromatic N) is 1. The maximum Gasteiger partial charge on any atom is 0.419 e. The first-order valence-electron chi connectivity index (χ1n) is 7.16. The van der Waals surface area contributed by atoms with Gasteiger partial charge in [-0.15, -0.1) is 0 Å². The number of carbonyl (C=O) groups excluding carboxylic acids is 1. The summed E-state index contributed by atoms with van der Waals surface area (Å²) < 4.78 is 44.0. The summed E-state index contributed by atoms with van der Waals surface area (Å²) in [6, 6.07) is 4.97. The maximum absolute atomic E-state index is 12.9. The largest absolute Gasteiger partial charge is 0.480 e. The summed E-state index contributed by atoms with van der Waals surface area (Å²) in [7, 11) is 0. The summed E-state index contributed by atoms with van der Waals surface area (Å²) in [5.74, 6) is -0.645. The van der Waals surface area contributed by atoms with E-state index in [9.17, 15) is 18.0 Å². The van der Waals surface area contributed by atoms with Crippen molar-refractivity contribution in [3.8, 4) is 5.75 Å². The van der Waals surface area contributed by atoms with E-state index in [1.165, 1.54) is 25.1 Å². The van der Waals surface area contributed by atoms with Gasteiger partial charge < -0.3 is 15.4 Å². The molecule has 1 aliphatic heterocycles. The van der Waals surface area contributed by atoms with E-state index < -0.39 is 17.8 Å². The third kappa shape index (κ3) is 3.91. The normalized spacial score (nSPS) is 18.1. The van der Waals surface area contributed by atoms with E-state index in [0.29, 0.717) is 25.9 Å². The molecule has 0 saturated carbocycles. The maximum atomic E-state index is 12.9. The third-order valence-corrected chi connectivity index (χ3v) is 3.70. The topological polar surface area (TPSA) is 55.6 Å². The lowest BCUT2D eigenvalue weighted by Crippen LogP contribution is -2.47. The van der Waals surface area contributed by atoms with Crippen molar-refractivity contribution in [1.29, 1.82) is 0 Å². The molecule has 0 bridgehead atoms. The molecule has 2 rings (SSSR count). The second-order valence-electron chi connectivity index (χ2n) is 5.42. The quantitative estimate of drug-likeness (QED) is 0.932. The molecule has 0 aliphatic carbocycles. The van der Waals surface area contributed by atoms with Crippen molar-refractivity contribution in [1.82, 2.24) is 4.90 Å². The van der Waals surface area contributed by atoms with Crippen molar-refractivity contribution in [2.24, 2.45) is 5.73 Å². The van der Waals surface area contributed by atoms with Crippen LogP contribution in [0.1, 0.15) is 25.3 Å². The van der Waals surface area contributed by atoms with Crippen molar-refractivity contribution < 1.29 is 22.7 Å². The van der Waals surface area contributed by atoms with Crippen LogP contribution in [-0.4, -0.2) is 36.0 Å². The van der Waals surface area contributed by atoms with E-state index >= 15 is 0 Å². The van der Waals surface area contributed by atoms with Gasteiger partial charge in [0.25, 0.3) is 5.91 Å². The van der Waals surface area contributed by atoms with Crippen LogP contribution in [0.5, 0.6) is 5.75 Å². The van der Waals surface area contributed by atoms with E-state index in [4.69, 9.17) is 10.5 Å². The zero-order valence-electron chi connectivity index (χ0n) is 12.3. The molecule has 2 N–H and O–H groups in total. The Kier molecular flexibility index (Phi) is 4.95. The Morgan fingerprint density at radius 1 is 1.32 bits per heavy atom. The smallest absolute Gasteiger partial charge is 0.419 e. The van der Waals surface area contributed by atoms with Crippen molar-refractivity contribution in [3.05, 3.63) is 29.8 Å². The summed E-state index contributed by atoms with van der Waals surface area (Å²) in [5, 5.41) is 0. The number of ether oxygens (including phenoxy) is 1. The minimum Gasteiger partial charge on any atom is -0.480 e. The van der Waals surface area contributed by atoms with Crippen LogP contribution in [0.3, 0.4) is 0 Å². The van der Waals surface area contributed by atoms with Gasteiger partial charge in [-0.3, -0.25) is 4.79 Å². The number of alkyl halides is 3. The molecule has 0 unspecified atom stereocenters. The molecule has 7 heteroatoms. The molecule has 1 amide bonds. The van der Waals surface area contributed by atoms with Gasteiger partial charge in [0.15, 0.2) is 6.10 Å². The Labute approximate surface area is 127 Å². The van der Waals surface area contributed by atoms with Gasteiger partial charge in [0.1, 0.15) is 5.75 Å². The molecule has 1 aromatic carbocycles. The van der Waals surface area contributed by atoms with E-state index in [-0.39, 0.29) is 17.7 Å². The van der Waals surface area contributed by atoms with Crippen molar-refractivity contribution in [3.63, 3.8) is 0 Å². The van der Waals surface area contributed by atoms with E-state index in [0.717, 1.165) is 6.07 Å². The predicted molar refractivity (Wildman–Crippen MR) is 75.3 cm³/mol. The molecule has 1 atom stereocenters. The first kappa shape index (κ1) is 16.6. The number of halogens is 3. The number of hydrogen-bond acceptors (Lipinski definition) is 3. The number of nitrogens with two attached hydrogens (primary N) is 1. The van der Waals surface area contributed by atoms with Crippen molar-refractivity contribution in [2.45, 2.75) is 38.1 Å². The van der Waals surface area contributed by atoms with Crippen LogP contribution in [0, 0.1) is 0 Å². The summed E-state index contributed by atoms with van der Waals surface area (Å²) in [6.07, 6.45) is -4.11. The minimum atomic E-state index is -4.52. The summed E-state index contributed by atoms with van der Waals surface area (Å²) >= 11 is 0. The van der Waals surface area contributed by atoms with Gasteiger partial charge in [-0.25, -0.2) is 0 Å². The SMILES string of the molecule is C[C@@H](Oc1ccccc1C(F)(F)F)C(=O)N1CCC(N)CC1. The molecule has 1 heterocycles. The van der Waals surface area contributed by atoms with Crippen LogP contribution < -0.4 is 10.5 Å². The Morgan fingerprint density at radius 3 is 2.50 bits per heavy atom. The van der Waals surface area contributed by atoms with Crippen LogP contribution >= 0.6 is 0 Å². The molecule has 0 spiro atoms. The lowest BCUT2D eigenvalue weighted by molar-refractivity contribution is -0.144. The highest BCUT2D eigenvalue weighted by atomic mass is 19.4. The van der Waals surface area contributed by atoms with Gasteiger partial charge in [0.05, 0.1) is 5.56 Å². The lowest BCUT2D eigenvalue weighted by Gasteiger charge is -2.32. The predicted octanol–water partition coefficient (Wildman–Crippen LogP) is 2.42. The highest BCUT2D eigenvalue weighted by Crippen LogP contribution is 2.36. The van der Waals surface area contributed by atoms with Crippen LogP contribution in [0.4, 0.5) is 13.2 Å². The van der Waals surface area contributed by atoms with E-state index in [1.54, 1.807) is 4.90 Å². The van der Waals surface area contributed by atoms with E-state index in [2.05, 4.69) is 0 Å². The number of rotatable bonds is 3. The molecular formula is C15H19F3N2O2. The summed E-state index contributed by atoms with van der Waals surface area (Å²) in [6.45, 7) is 2.48. The molecular weight excluding hydrogens is 297 g/mol. The zero-order chi connectivity index (χ0) is 16.3. The van der Waals surface area contributed by atoms with Crippen LogP contribution in [-0.2, 0) is 11.0 Å². The van der Waals surface area contributed by atoms with E-state index in [1.807, 2.05) is 0 Å². The second kappa shape index (κ2) is 6.56. The monoisotopic (exact) mass is 316 g/mol. The molecule has 0 aromatic heterocycles. The average molecular weight is 316 g/mol. The highest BCUT2D eigenvalue weighted by Gasteiger charge is 2.35. The van der Waals surface area contributed by atoms with Crippen LogP contribution in [0.2, 0.25) is 0 Å². The molecule has 22 heavy (non-hydrogen) atoms. The first-order valence-corrected chi connectivity index (χ1v) is 7.16. The number of piperidine rings is 1. The van der Waals surface area contributed by atoms with Gasteiger partial charge in [0.2, 0.25) is 0 Å². The Bertz CT molecular complexity index is 526. The molecule has 4 nitrogen and oxygen atoms in total. The fourth-order valence-corrected chi connectivity index (χ4v) is 2.42. The molecule has 0 radical (unpaired) electrons. The molecule has 1 fully saturated rings. The van der Waals surface area contributed by atoms with Gasteiger partial charge in [-0.1, -0.05) is 12.1 Å². The van der Waals surface area contributed by atoms with Crippen LogP contribution in [0.15, 0.2) is 24.3 Å².